The fourth-order valence-corrected chi connectivity index (χ4v) is 2.70. The van der Waals surface area contributed by atoms with E-state index in [-0.39, 0.29) is 6.54 Å². The predicted molar refractivity (Wildman–Crippen MR) is 76.4 cm³/mol. The highest BCUT2D eigenvalue weighted by Crippen LogP contribution is 2.43. The summed E-state index contributed by atoms with van der Waals surface area (Å²) in [6.45, 7) is 0.119. The van der Waals surface area contributed by atoms with E-state index >= 15 is 0 Å². The average molecular weight is 305 g/mol. The lowest BCUT2D eigenvalue weighted by Gasteiger charge is -2.06. The maximum absolute atomic E-state index is 13.1. The van der Waals surface area contributed by atoms with Crippen molar-refractivity contribution in [3.05, 3.63) is 71.8 Å². The van der Waals surface area contributed by atoms with Gasteiger partial charge in [0, 0.05) is 12.1 Å². The molecule has 3 rings (SSSR count). The second kappa shape index (κ2) is 5.57. The Bertz CT molecular complexity index is 655. The molecule has 1 unspecified atom stereocenters. The van der Waals surface area contributed by atoms with Gasteiger partial charge in [0.05, 0.1) is 6.04 Å². The van der Waals surface area contributed by atoms with Gasteiger partial charge >= 0.3 is 6.18 Å². The Hall–Kier alpha value is -2.14. The van der Waals surface area contributed by atoms with Gasteiger partial charge in [0.25, 0.3) is 0 Å². The molecule has 1 heterocycles. The number of carbonyl (C=O) groups excluding carboxylic acids is 1. The molecule has 1 saturated heterocycles. The molecule has 0 spiro atoms. The van der Waals surface area contributed by atoms with E-state index in [1.165, 1.54) is 4.90 Å². The number of nitrogens with zero attached hydrogens (tertiary/aromatic N) is 1. The van der Waals surface area contributed by atoms with Gasteiger partial charge in [-0.15, -0.1) is 0 Å². The van der Waals surface area contributed by atoms with Crippen molar-refractivity contribution in [1.29, 1.82) is 0 Å². The van der Waals surface area contributed by atoms with Gasteiger partial charge in [0.2, 0.25) is 0 Å². The highest BCUT2D eigenvalue weighted by atomic mass is 19.4. The average Bonchev–Trinajstić information content (AvgIpc) is 3.22. The number of halogens is 3. The number of rotatable bonds is 4. The van der Waals surface area contributed by atoms with Crippen molar-refractivity contribution >= 4 is 5.78 Å². The zero-order valence-electron chi connectivity index (χ0n) is 11.6. The van der Waals surface area contributed by atoms with Crippen molar-refractivity contribution in [3.63, 3.8) is 0 Å². The Kier molecular flexibility index (Phi) is 3.74. The van der Waals surface area contributed by atoms with Gasteiger partial charge in [0.1, 0.15) is 6.04 Å². The van der Waals surface area contributed by atoms with Crippen LogP contribution >= 0.6 is 0 Å². The molecular weight excluding hydrogens is 291 g/mol. The number of hydrogen-bond donors (Lipinski definition) is 0. The SMILES string of the molecule is O=C(c1ccccc1)[C@H]1[C@H](C(F)(F)F)N1Cc1ccccc1. The molecule has 0 aromatic heterocycles. The third-order valence-corrected chi connectivity index (χ3v) is 3.79. The lowest BCUT2D eigenvalue weighted by atomic mass is 10.1. The van der Waals surface area contributed by atoms with E-state index in [1.807, 2.05) is 0 Å². The van der Waals surface area contributed by atoms with Crippen molar-refractivity contribution in [1.82, 2.24) is 4.90 Å². The van der Waals surface area contributed by atoms with Gasteiger partial charge in [-0.1, -0.05) is 60.7 Å². The maximum Gasteiger partial charge on any atom is 0.406 e. The molecule has 0 aliphatic carbocycles. The van der Waals surface area contributed by atoms with Crippen LogP contribution in [-0.2, 0) is 6.54 Å². The molecule has 3 atom stereocenters. The summed E-state index contributed by atoms with van der Waals surface area (Å²) in [5, 5.41) is 0. The van der Waals surface area contributed by atoms with Crippen molar-refractivity contribution in [3.8, 4) is 0 Å². The van der Waals surface area contributed by atoms with Crippen LogP contribution < -0.4 is 0 Å². The molecule has 0 saturated carbocycles. The minimum Gasteiger partial charge on any atom is -0.292 e. The van der Waals surface area contributed by atoms with Crippen LogP contribution in [0.5, 0.6) is 0 Å². The topological polar surface area (TPSA) is 20.1 Å². The molecule has 5 heteroatoms. The standard InChI is InChI=1S/C17H14F3NO/c18-17(19,20)16-14(15(22)13-9-5-2-6-10-13)21(16)11-12-7-3-1-4-8-12/h1-10,14,16H,11H2/t14-,16+,21?/m0/s1. The smallest absolute Gasteiger partial charge is 0.292 e. The summed E-state index contributed by atoms with van der Waals surface area (Å²) in [6.07, 6.45) is -4.40. The number of alkyl halides is 3. The molecule has 22 heavy (non-hydrogen) atoms. The molecule has 2 aromatic carbocycles. The van der Waals surface area contributed by atoms with Crippen LogP contribution in [0.4, 0.5) is 13.2 Å². The Labute approximate surface area is 126 Å². The van der Waals surface area contributed by atoms with E-state index < -0.39 is 24.0 Å². The largest absolute Gasteiger partial charge is 0.406 e. The fourth-order valence-electron chi connectivity index (χ4n) is 2.70. The third kappa shape index (κ3) is 2.90. The van der Waals surface area contributed by atoms with Crippen molar-refractivity contribution in [2.75, 3.05) is 0 Å². The minimum atomic E-state index is -4.40. The quantitative estimate of drug-likeness (QED) is 0.634. The van der Waals surface area contributed by atoms with Gasteiger partial charge in [-0.05, 0) is 5.56 Å². The predicted octanol–water partition coefficient (Wildman–Crippen LogP) is 3.68. The molecule has 2 aromatic rings. The number of hydrogen-bond acceptors (Lipinski definition) is 2. The van der Waals surface area contributed by atoms with Gasteiger partial charge in [-0.2, -0.15) is 13.2 Å². The van der Waals surface area contributed by atoms with Gasteiger partial charge < -0.3 is 0 Å². The number of Topliss-reactive ketones (excluding diaryl/α,β-unsaturated/α-hetero) is 1. The lowest BCUT2D eigenvalue weighted by molar-refractivity contribution is -0.137. The Morgan fingerprint density at radius 3 is 2.05 bits per heavy atom. The summed E-state index contributed by atoms with van der Waals surface area (Å²) >= 11 is 0. The molecule has 0 radical (unpaired) electrons. The minimum absolute atomic E-state index is 0.119. The molecule has 2 nitrogen and oxygen atoms in total. The normalized spacial score (nSPS) is 24.0. The van der Waals surface area contributed by atoms with E-state index in [9.17, 15) is 18.0 Å². The van der Waals surface area contributed by atoms with Gasteiger partial charge in [-0.3, -0.25) is 9.69 Å². The Morgan fingerprint density at radius 1 is 0.955 bits per heavy atom. The zero-order chi connectivity index (χ0) is 15.7. The summed E-state index contributed by atoms with van der Waals surface area (Å²) in [5.41, 5.74) is 1.08. The van der Waals surface area contributed by atoms with Gasteiger partial charge in [0.15, 0.2) is 5.78 Å². The monoisotopic (exact) mass is 305 g/mol. The molecule has 1 fully saturated rings. The second-order valence-corrected chi connectivity index (χ2v) is 5.32. The van der Waals surface area contributed by atoms with Crippen LogP contribution in [0.1, 0.15) is 15.9 Å². The van der Waals surface area contributed by atoms with E-state index in [1.54, 1.807) is 60.7 Å². The van der Waals surface area contributed by atoms with Crippen molar-refractivity contribution in [2.45, 2.75) is 24.8 Å². The number of carbonyl (C=O) groups is 1. The third-order valence-electron chi connectivity index (χ3n) is 3.79. The van der Waals surface area contributed by atoms with Crippen LogP contribution in [0.25, 0.3) is 0 Å². The van der Waals surface area contributed by atoms with Crippen LogP contribution in [0.2, 0.25) is 0 Å². The van der Waals surface area contributed by atoms with E-state index in [2.05, 4.69) is 0 Å². The first-order valence-corrected chi connectivity index (χ1v) is 6.94. The first-order valence-electron chi connectivity index (χ1n) is 6.94. The summed E-state index contributed by atoms with van der Waals surface area (Å²) in [6, 6.07) is 14.2. The van der Waals surface area contributed by atoms with Crippen molar-refractivity contribution < 1.29 is 18.0 Å². The molecule has 114 valence electrons. The number of benzene rings is 2. The Morgan fingerprint density at radius 2 is 1.50 bits per heavy atom. The molecular formula is C17H14F3NO. The van der Waals surface area contributed by atoms with E-state index in [0.29, 0.717) is 5.56 Å². The molecule has 1 aliphatic rings. The van der Waals surface area contributed by atoms with Crippen LogP contribution in [-0.4, -0.2) is 28.9 Å². The van der Waals surface area contributed by atoms with Gasteiger partial charge in [-0.25, -0.2) is 0 Å². The zero-order valence-corrected chi connectivity index (χ0v) is 11.6. The summed E-state index contributed by atoms with van der Waals surface area (Å²) < 4.78 is 39.4. The van der Waals surface area contributed by atoms with Crippen LogP contribution in [0.3, 0.4) is 0 Å². The molecule has 0 amide bonds. The number of ketones is 1. The summed E-state index contributed by atoms with van der Waals surface area (Å²) in [5.74, 6) is -0.473. The maximum atomic E-state index is 13.1. The second-order valence-electron chi connectivity index (χ2n) is 5.32. The highest BCUT2D eigenvalue weighted by Gasteiger charge is 2.65. The lowest BCUT2D eigenvalue weighted by Crippen LogP contribution is -2.23. The fraction of sp³-hybridized carbons (Fsp3) is 0.235. The Balaban J connectivity index is 1.81. The first-order chi connectivity index (χ1) is 10.5. The van der Waals surface area contributed by atoms with Crippen LogP contribution in [0, 0.1) is 0 Å². The molecule has 0 N–H and O–H groups in total. The van der Waals surface area contributed by atoms with Crippen LogP contribution in [0.15, 0.2) is 60.7 Å². The van der Waals surface area contributed by atoms with Crippen molar-refractivity contribution in [2.24, 2.45) is 0 Å². The molecule has 1 aliphatic heterocycles. The van der Waals surface area contributed by atoms with E-state index in [0.717, 1.165) is 5.56 Å². The first kappa shape index (κ1) is 14.8. The highest BCUT2D eigenvalue weighted by molar-refractivity contribution is 6.02. The molecule has 0 bridgehead atoms. The summed E-state index contributed by atoms with van der Waals surface area (Å²) in [7, 11) is 0. The summed E-state index contributed by atoms with van der Waals surface area (Å²) in [4.78, 5) is 13.5. The van der Waals surface area contributed by atoms with E-state index in [4.69, 9.17) is 0 Å².